The number of carbonyl (C=O) groups is 1. The SMILES string of the molecule is COCOc1cc2c(ncn2C)c(CSc2ccccc2)c1C(=O)OC. The molecule has 0 atom stereocenters. The van der Waals surface area contributed by atoms with Gasteiger partial charge in [-0.25, -0.2) is 9.78 Å². The quantitative estimate of drug-likeness (QED) is 0.358. The fraction of sp³-hybridized carbons (Fsp3) is 0.263. The maximum Gasteiger partial charge on any atom is 0.342 e. The third kappa shape index (κ3) is 3.68. The predicted octanol–water partition coefficient (Wildman–Crippen LogP) is 3.63. The molecule has 2 aromatic carbocycles. The van der Waals surface area contributed by atoms with Gasteiger partial charge in [0, 0.05) is 36.4 Å². The van der Waals surface area contributed by atoms with Crippen LogP contribution in [0.4, 0.5) is 0 Å². The van der Waals surface area contributed by atoms with E-state index in [2.05, 4.69) is 4.98 Å². The van der Waals surface area contributed by atoms with Crippen molar-refractivity contribution < 1.29 is 19.0 Å². The standard InChI is InChI=1S/C19H20N2O4S/c1-21-11-20-18-14(10-26-13-7-5-4-6-8-13)17(19(22)24-3)16(9-15(18)21)25-12-23-2/h4-9,11H,10,12H2,1-3H3. The number of aryl methyl sites for hydroxylation is 1. The molecule has 0 aliphatic carbocycles. The highest BCUT2D eigenvalue weighted by Crippen LogP contribution is 2.35. The molecule has 136 valence electrons. The first-order valence-electron chi connectivity index (χ1n) is 8.00. The second kappa shape index (κ2) is 8.25. The van der Waals surface area contributed by atoms with Crippen LogP contribution in [0.1, 0.15) is 15.9 Å². The largest absolute Gasteiger partial charge is 0.467 e. The van der Waals surface area contributed by atoms with Crippen molar-refractivity contribution in [1.29, 1.82) is 0 Å². The van der Waals surface area contributed by atoms with Gasteiger partial charge in [0.05, 0.1) is 24.5 Å². The number of rotatable bonds is 7. The lowest BCUT2D eigenvalue weighted by Crippen LogP contribution is -2.11. The summed E-state index contributed by atoms with van der Waals surface area (Å²) in [6, 6.07) is 11.8. The molecule has 0 unspecified atom stereocenters. The van der Waals surface area contributed by atoms with Gasteiger partial charge in [0.25, 0.3) is 0 Å². The van der Waals surface area contributed by atoms with Crippen molar-refractivity contribution >= 4 is 28.8 Å². The van der Waals surface area contributed by atoms with Crippen LogP contribution >= 0.6 is 11.8 Å². The molecule has 0 aliphatic rings. The van der Waals surface area contributed by atoms with Crippen molar-refractivity contribution in [3.05, 3.63) is 53.9 Å². The lowest BCUT2D eigenvalue weighted by Gasteiger charge is -2.15. The molecule has 0 N–H and O–H groups in total. The molecule has 1 heterocycles. The maximum atomic E-state index is 12.5. The molecule has 0 saturated heterocycles. The molecule has 1 aromatic heterocycles. The normalized spacial score (nSPS) is 10.9. The molecule has 0 amide bonds. The summed E-state index contributed by atoms with van der Waals surface area (Å²) in [5.41, 5.74) is 2.82. The van der Waals surface area contributed by atoms with Gasteiger partial charge in [-0.05, 0) is 12.1 Å². The Bertz CT molecular complexity index is 909. The summed E-state index contributed by atoms with van der Waals surface area (Å²) < 4.78 is 17.6. The fourth-order valence-corrected chi connectivity index (χ4v) is 3.62. The Kier molecular flexibility index (Phi) is 5.80. The Morgan fingerprint density at radius 1 is 1.23 bits per heavy atom. The molecule has 0 aliphatic heterocycles. The first-order chi connectivity index (χ1) is 12.7. The van der Waals surface area contributed by atoms with E-state index in [1.165, 1.54) is 14.2 Å². The topological polar surface area (TPSA) is 62.6 Å². The number of nitrogens with zero attached hydrogens (tertiary/aromatic N) is 2. The third-order valence-electron chi connectivity index (χ3n) is 3.93. The van der Waals surface area contributed by atoms with Gasteiger partial charge in [0.15, 0.2) is 6.79 Å². The minimum absolute atomic E-state index is 0.0403. The summed E-state index contributed by atoms with van der Waals surface area (Å²) in [5.74, 6) is 0.539. The van der Waals surface area contributed by atoms with E-state index in [4.69, 9.17) is 14.2 Å². The van der Waals surface area contributed by atoms with Gasteiger partial charge in [0.1, 0.15) is 11.3 Å². The summed E-state index contributed by atoms with van der Waals surface area (Å²) in [6.07, 6.45) is 1.72. The number of thioether (sulfide) groups is 1. The lowest BCUT2D eigenvalue weighted by atomic mass is 10.1. The highest BCUT2D eigenvalue weighted by atomic mass is 32.2. The molecular formula is C19H20N2O4S. The number of aromatic nitrogens is 2. The van der Waals surface area contributed by atoms with Crippen LogP contribution in [0, 0.1) is 0 Å². The van der Waals surface area contributed by atoms with Crippen LogP contribution in [0.25, 0.3) is 11.0 Å². The average molecular weight is 372 g/mol. The average Bonchev–Trinajstić information content (AvgIpc) is 3.05. The molecule has 0 saturated carbocycles. The zero-order valence-electron chi connectivity index (χ0n) is 14.9. The first kappa shape index (κ1) is 18.3. The van der Waals surface area contributed by atoms with Crippen LogP contribution in [0.3, 0.4) is 0 Å². The van der Waals surface area contributed by atoms with Crippen molar-refractivity contribution in [3.63, 3.8) is 0 Å². The number of benzene rings is 2. The van der Waals surface area contributed by atoms with Gasteiger partial charge in [-0.2, -0.15) is 0 Å². The second-order valence-electron chi connectivity index (χ2n) is 5.60. The van der Waals surface area contributed by atoms with Crippen molar-refractivity contribution in [2.75, 3.05) is 21.0 Å². The number of esters is 1. The maximum absolute atomic E-state index is 12.5. The smallest absolute Gasteiger partial charge is 0.342 e. The number of fused-ring (bicyclic) bond motifs is 1. The van der Waals surface area contributed by atoms with E-state index in [1.807, 2.05) is 41.9 Å². The van der Waals surface area contributed by atoms with E-state index in [-0.39, 0.29) is 6.79 Å². The van der Waals surface area contributed by atoms with E-state index in [9.17, 15) is 4.79 Å². The van der Waals surface area contributed by atoms with Crippen LogP contribution in [-0.2, 0) is 22.3 Å². The van der Waals surface area contributed by atoms with Crippen molar-refractivity contribution in [1.82, 2.24) is 9.55 Å². The number of methoxy groups -OCH3 is 2. The molecule has 0 spiro atoms. The Labute approximate surface area is 156 Å². The number of ether oxygens (including phenoxy) is 3. The van der Waals surface area contributed by atoms with E-state index in [0.717, 1.165) is 21.5 Å². The van der Waals surface area contributed by atoms with Crippen LogP contribution < -0.4 is 4.74 Å². The Morgan fingerprint density at radius 2 is 2.00 bits per heavy atom. The minimum Gasteiger partial charge on any atom is -0.467 e. The first-order valence-corrected chi connectivity index (χ1v) is 8.99. The van der Waals surface area contributed by atoms with E-state index >= 15 is 0 Å². The molecule has 3 aromatic rings. The van der Waals surface area contributed by atoms with Gasteiger partial charge < -0.3 is 18.8 Å². The predicted molar refractivity (Wildman–Crippen MR) is 101 cm³/mol. The minimum atomic E-state index is -0.452. The molecule has 3 rings (SSSR count). The number of hydrogen-bond donors (Lipinski definition) is 0. The van der Waals surface area contributed by atoms with Crippen LogP contribution in [0.2, 0.25) is 0 Å². The van der Waals surface area contributed by atoms with Crippen molar-refractivity contribution in [2.45, 2.75) is 10.6 Å². The summed E-state index contributed by atoms with van der Waals surface area (Å²) in [4.78, 5) is 18.1. The van der Waals surface area contributed by atoms with Crippen molar-refractivity contribution in [2.24, 2.45) is 7.05 Å². The van der Waals surface area contributed by atoms with E-state index in [0.29, 0.717) is 17.1 Å². The van der Waals surface area contributed by atoms with Crippen LogP contribution in [0.15, 0.2) is 47.6 Å². The van der Waals surface area contributed by atoms with Crippen molar-refractivity contribution in [3.8, 4) is 5.75 Å². The van der Waals surface area contributed by atoms with Gasteiger partial charge in [-0.15, -0.1) is 11.8 Å². The van der Waals surface area contributed by atoms with Gasteiger partial charge in [-0.3, -0.25) is 0 Å². The molecule has 6 nitrogen and oxygen atoms in total. The second-order valence-corrected chi connectivity index (χ2v) is 6.64. The highest BCUT2D eigenvalue weighted by molar-refractivity contribution is 7.98. The summed E-state index contributed by atoms with van der Waals surface area (Å²) >= 11 is 1.63. The number of carbonyl (C=O) groups excluding carboxylic acids is 1. The summed E-state index contributed by atoms with van der Waals surface area (Å²) in [6.45, 7) is 0.0403. The fourth-order valence-electron chi connectivity index (χ4n) is 2.68. The number of hydrogen-bond acceptors (Lipinski definition) is 6. The van der Waals surface area contributed by atoms with E-state index < -0.39 is 5.97 Å². The summed E-state index contributed by atoms with van der Waals surface area (Å²) in [7, 11) is 4.80. The summed E-state index contributed by atoms with van der Waals surface area (Å²) in [5, 5.41) is 0. The lowest BCUT2D eigenvalue weighted by molar-refractivity contribution is 0.0465. The van der Waals surface area contributed by atoms with Crippen LogP contribution in [-0.4, -0.2) is 36.5 Å². The zero-order valence-corrected chi connectivity index (χ0v) is 15.7. The Balaban J connectivity index is 2.11. The molecule has 0 bridgehead atoms. The van der Waals surface area contributed by atoms with Gasteiger partial charge >= 0.3 is 5.97 Å². The monoisotopic (exact) mass is 372 g/mol. The molecule has 7 heteroatoms. The molecule has 26 heavy (non-hydrogen) atoms. The molecule has 0 fully saturated rings. The van der Waals surface area contributed by atoms with Gasteiger partial charge in [0.2, 0.25) is 0 Å². The molecule has 0 radical (unpaired) electrons. The van der Waals surface area contributed by atoms with E-state index in [1.54, 1.807) is 24.2 Å². The third-order valence-corrected chi connectivity index (χ3v) is 4.97. The highest BCUT2D eigenvalue weighted by Gasteiger charge is 2.24. The Morgan fingerprint density at radius 3 is 2.69 bits per heavy atom. The van der Waals surface area contributed by atoms with Crippen LogP contribution in [0.5, 0.6) is 5.75 Å². The van der Waals surface area contributed by atoms with Gasteiger partial charge in [-0.1, -0.05) is 18.2 Å². The molecular weight excluding hydrogens is 352 g/mol. The zero-order chi connectivity index (χ0) is 18.5. The number of imidazole rings is 1. The Hall–Kier alpha value is -2.51.